The number of hydrogen-bond acceptors (Lipinski definition) is 6. The molecular formula is C30H36N2O5. The molecule has 1 fully saturated rings. The first kappa shape index (κ1) is 25.3. The van der Waals surface area contributed by atoms with Gasteiger partial charge in [-0.15, -0.1) is 0 Å². The summed E-state index contributed by atoms with van der Waals surface area (Å²) < 4.78 is 18.0. The van der Waals surface area contributed by atoms with E-state index in [4.69, 9.17) is 14.2 Å². The van der Waals surface area contributed by atoms with Crippen molar-refractivity contribution in [2.75, 3.05) is 13.7 Å². The van der Waals surface area contributed by atoms with Crippen molar-refractivity contribution in [3.05, 3.63) is 65.2 Å². The molecule has 1 aromatic heterocycles. The molecule has 0 spiro atoms. The van der Waals surface area contributed by atoms with Crippen LogP contribution in [0.2, 0.25) is 0 Å². The number of pyridine rings is 1. The average Bonchev–Trinajstić information content (AvgIpc) is 3.16. The van der Waals surface area contributed by atoms with E-state index < -0.39 is 6.04 Å². The predicted molar refractivity (Wildman–Crippen MR) is 139 cm³/mol. The number of carbonyl (C=O) groups is 2. The molecule has 7 heteroatoms. The van der Waals surface area contributed by atoms with Crippen LogP contribution in [-0.2, 0) is 20.9 Å². The topological polar surface area (TPSA) is 78.0 Å². The molecule has 0 saturated heterocycles. The Balaban J connectivity index is 1.53. The van der Waals surface area contributed by atoms with E-state index in [2.05, 4.69) is 25.8 Å². The molecule has 2 aliphatic heterocycles. The summed E-state index contributed by atoms with van der Waals surface area (Å²) in [6, 6.07) is 8.91. The highest BCUT2D eigenvalue weighted by molar-refractivity contribution is 6.11. The molecule has 196 valence electrons. The highest BCUT2D eigenvalue weighted by Crippen LogP contribution is 2.48. The maximum Gasteiger partial charge on any atom is 0.290 e. The highest BCUT2D eigenvalue weighted by atomic mass is 16.5. The van der Waals surface area contributed by atoms with Crippen molar-refractivity contribution in [1.29, 1.82) is 0 Å². The summed E-state index contributed by atoms with van der Waals surface area (Å²) in [5.41, 5.74) is 2.16. The summed E-state index contributed by atoms with van der Waals surface area (Å²) in [7, 11) is 1.61. The second-order valence-electron chi connectivity index (χ2n) is 10.9. The maximum atomic E-state index is 14.0. The number of rotatable bonds is 8. The molecule has 1 saturated carbocycles. The first-order chi connectivity index (χ1) is 17.9. The Morgan fingerprint density at radius 3 is 2.73 bits per heavy atom. The minimum absolute atomic E-state index is 0.0427. The van der Waals surface area contributed by atoms with Gasteiger partial charge in [0.1, 0.15) is 6.10 Å². The third-order valence-electron chi connectivity index (χ3n) is 7.74. The first-order valence-corrected chi connectivity index (χ1v) is 13.3. The lowest BCUT2D eigenvalue weighted by Crippen LogP contribution is -2.41. The number of Topliss-reactive ketones (excluding diaryl/α,β-unsaturated/α-hetero) is 1. The number of carbonyl (C=O) groups excluding carboxylic acids is 2. The van der Waals surface area contributed by atoms with Crippen molar-refractivity contribution in [2.45, 2.75) is 65.1 Å². The molecule has 4 atom stereocenters. The molecular weight excluding hydrogens is 468 g/mol. The standard InChI is InChI=1S/C30H36N2O5/c1-18(2)11-13-36-24-10-8-21(15-25(24)35-4)27-26-28(33)22-14-19(3)7-9-23(22)37-29(26)30(34)32(27)17-20-6-5-12-31-16-20/h5-6,8,10,12,15-16,18-19,22-23,27H,7,9,11,13-14,17H2,1-4H3. The number of hydrogen-bond donors (Lipinski definition) is 0. The number of amides is 1. The Morgan fingerprint density at radius 1 is 1.16 bits per heavy atom. The fourth-order valence-corrected chi connectivity index (χ4v) is 5.70. The monoisotopic (exact) mass is 504 g/mol. The van der Waals surface area contributed by atoms with E-state index in [1.165, 1.54) is 0 Å². The summed E-state index contributed by atoms with van der Waals surface area (Å²) in [6.07, 6.45) is 6.75. The molecule has 1 aliphatic carbocycles. The van der Waals surface area contributed by atoms with E-state index in [1.807, 2.05) is 30.3 Å². The number of benzene rings is 1. The summed E-state index contributed by atoms with van der Waals surface area (Å²) in [6.45, 7) is 7.41. The van der Waals surface area contributed by atoms with Gasteiger partial charge in [0.05, 0.1) is 31.2 Å². The zero-order valence-corrected chi connectivity index (χ0v) is 22.1. The first-order valence-electron chi connectivity index (χ1n) is 13.3. The van der Waals surface area contributed by atoms with Crippen LogP contribution in [0.3, 0.4) is 0 Å². The van der Waals surface area contributed by atoms with Crippen LogP contribution < -0.4 is 9.47 Å². The minimum atomic E-state index is -0.563. The van der Waals surface area contributed by atoms with Gasteiger partial charge in [0.25, 0.3) is 5.91 Å². The van der Waals surface area contributed by atoms with Crippen molar-refractivity contribution in [1.82, 2.24) is 9.88 Å². The van der Waals surface area contributed by atoms with E-state index in [0.717, 1.165) is 36.8 Å². The van der Waals surface area contributed by atoms with Gasteiger partial charge in [-0.25, -0.2) is 0 Å². The van der Waals surface area contributed by atoms with Crippen LogP contribution in [0.4, 0.5) is 0 Å². The smallest absolute Gasteiger partial charge is 0.290 e. The lowest BCUT2D eigenvalue weighted by molar-refractivity contribution is -0.136. The number of ketones is 1. The summed E-state index contributed by atoms with van der Waals surface area (Å²) in [4.78, 5) is 33.7. The lowest BCUT2D eigenvalue weighted by Gasteiger charge is -2.37. The zero-order chi connectivity index (χ0) is 26.1. The molecule has 0 radical (unpaired) electrons. The zero-order valence-electron chi connectivity index (χ0n) is 22.1. The van der Waals surface area contributed by atoms with E-state index in [-0.39, 0.29) is 29.5 Å². The van der Waals surface area contributed by atoms with Crippen molar-refractivity contribution < 1.29 is 23.8 Å². The van der Waals surface area contributed by atoms with Crippen LogP contribution in [-0.4, -0.2) is 41.4 Å². The lowest BCUT2D eigenvalue weighted by atomic mass is 9.74. The average molecular weight is 505 g/mol. The number of aromatic nitrogens is 1. The van der Waals surface area contributed by atoms with Crippen molar-refractivity contribution in [3.8, 4) is 11.5 Å². The Morgan fingerprint density at radius 2 is 2.00 bits per heavy atom. The minimum Gasteiger partial charge on any atom is -0.493 e. The third-order valence-corrected chi connectivity index (χ3v) is 7.74. The van der Waals surface area contributed by atoms with Crippen LogP contribution in [0.15, 0.2) is 54.1 Å². The summed E-state index contributed by atoms with van der Waals surface area (Å²) >= 11 is 0. The second-order valence-corrected chi connectivity index (χ2v) is 10.9. The van der Waals surface area contributed by atoms with E-state index in [1.54, 1.807) is 24.4 Å². The fourth-order valence-electron chi connectivity index (χ4n) is 5.70. The van der Waals surface area contributed by atoms with Crippen molar-refractivity contribution in [3.63, 3.8) is 0 Å². The summed E-state index contributed by atoms with van der Waals surface area (Å²) in [5.74, 6) is 2.02. The number of methoxy groups -OCH3 is 1. The van der Waals surface area contributed by atoms with Gasteiger partial charge < -0.3 is 19.1 Å². The van der Waals surface area contributed by atoms with Crippen LogP contribution in [0.25, 0.3) is 0 Å². The highest BCUT2D eigenvalue weighted by Gasteiger charge is 2.52. The summed E-state index contributed by atoms with van der Waals surface area (Å²) in [5, 5.41) is 0. The normalized spacial score (nSPS) is 25.2. The third kappa shape index (κ3) is 4.96. The Bertz CT molecular complexity index is 1190. The number of fused-ring (bicyclic) bond motifs is 1. The molecule has 5 rings (SSSR count). The molecule has 3 heterocycles. The maximum absolute atomic E-state index is 14.0. The molecule has 3 aliphatic rings. The van der Waals surface area contributed by atoms with E-state index >= 15 is 0 Å². The molecule has 1 amide bonds. The van der Waals surface area contributed by atoms with Gasteiger partial charge in [0.15, 0.2) is 23.0 Å². The number of nitrogens with zero attached hydrogens (tertiary/aromatic N) is 2. The van der Waals surface area contributed by atoms with Gasteiger partial charge in [0.2, 0.25) is 0 Å². The van der Waals surface area contributed by atoms with Crippen LogP contribution >= 0.6 is 0 Å². The molecule has 2 aromatic rings. The SMILES string of the molecule is COc1cc(C2C3=C(OC4CCC(C)CC4C3=O)C(=O)N2Cc2cccnc2)ccc1OCCC(C)C. The number of ether oxygens (including phenoxy) is 3. The van der Waals surface area contributed by atoms with Crippen LogP contribution in [0, 0.1) is 17.8 Å². The quantitative estimate of drug-likeness (QED) is 0.488. The van der Waals surface area contributed by atoms with Crippen molar-refractivity contribution >= 4 is 11.7 Å². The predicted octanol–water partition coefficient (Wildman–Crippen LogP) is 5.26. The van der Waals surface area contributed by atoms with Gasteiger partial charge in [-0.2, -0.15) is 0 Å². The molecule has 7 nitrogen and oxygen atoms in total. The van der Waals surface area contributed by atoms with Gasteiger partial charge in [-0.05, 0) is 66.8 Å². The Kier molecular flexibility index (Phi) is 7.22. The van der Waals surface area contributed by atoms with Crippen LogP contribution in [0.1, 0.15) is 63.6 Å². The van der Waals surface area contributed by atoms with Gasteiger partial charge in [0, 0.05) is 18.9 Å². The molecule has 37 heavy (non-hydrogen) atoms. The fraction of sp³-hybridized carbons (Fsp3) is 0.500. The van der Waals surface area contributed by atoms with Gasteiger partial charge in [-0.3, -0.25) is 14.6 Å². The molecule has 4 unspecified atom stereocenters. The van der Waals surface area contributed by atoms with Gasteiger partial charge in [-0.1, -0.05) is 32.9 Å². The second kappa shape index (κ2) is 10.6. The van der Waals surface area contributed by atoms with Gasteiger partial charge >= 0.3 is 0 Å². The van der Waals surface area contributed by atoms with E-state index in [0.29, 0.717) is 42.1 Å². The van der Waals surface area contributed by atoms with Crippen molar-refractivity contribution in [2.24, 2.45) is 17.8 Å². The molecule has 1 aromatic carbocycles. The molecule has 0 N–H and O–H groups in total. The van der Waals surface area contributed by atoms with E-state index in [9.17, 15) is 9.59 Å². The Hall–Kier alpha value is -3.35. The Labute approximate surface area is 218 Å². The largest absolute Gasteiger partial charge is 0.493 e. The van der Waals surface area contributed by atoms with Crippen LogP contribution in [0.5, 0.6) is 11.5 Å². The molecule has 0 bridgehead atoms.